The highest BCUT2D eigenvalue weighted by Gasteiger charge is 2.40. The van der Waals surface area contributed by atoms with E-state index in [4.69, 9.17) is 14.2 Å². The molecule has 1 aliphatic rings. The lowest BCUT2D eigenvalue weighted by atomic mass is 9.70. The van der Waals surface area contributed by atoms with Crippen molar-refractivity contribution in [2.24, 2.45) is 11.3 Å². The second kappa shape index (κ2) is 8.89. The number of ether oxygens (including phenoxy) is 3. The van der Waals surface area contributed by atoms with Crippen molar-refractivity contribution in [3.05, 3.63) is 0 Å². The van der Waals surface area contributed by atoms with E-state index in [1.54, 1.807) is 7.11 Å². The lowest BCUT2D eigenvalue weighted by Crippen LogP contribution is -2.44. The van der Waals surface area contributed by atoms with Crippen LogP contribution in [0.4, 0.5) is 0 Å². The van der Waals surface area contributed by atoms with Gasteiger partial charge < -0.3 is 14.2 Å². The van der Waals surface area contributed by atoms with E-state index in [9.17, 15) is 0 Å². The van der Waals surface area contributed by atoms with Crippen molar-refractivity contribution >= 4 is 0 Å². The molecule has 0 bridgehead atoms. The number of rotatable bonds is 9. The maximum atomic E-state index is 5.74. The first-order valence-corrected chi connectivity index (χ1v) is 7.43. The van der Waals surface area contributed by atoms with E-state index in [0.29, 0.717) is 5.92 Å². The summed E-state index contributed by atoms with van der Waals surface area (Å²) < 4.78 is 17.0. The van der Waals surface area contributed by atoms with E-state index in [0.717, 1.165) is 33.0 Å². The molecule has 0 aliphatic heterocycles. The van der Waals surface area contributed by atoms with Gasteiger partial charge in [-0.1, -0.05) is 19.3 Å². The van der Waals surface area contributed by atoms with E-state index in [2.05, 4.69) is 13.8 Å². The molecule has 1 saturated carbocycles. The lowest BCUT2D eigenvalue weighted by molar-refractivity contribution is -0.0959. The molecule has 0 aromatic carbocycles. The van der Waals surface area contributed by atoms with Crippen LogP contribution in [0, 0.1) is 11.3 Å². The largest absolute Gasteiger partial charge is 0.384 e. The molecule has 3 heteroatoms. The topological polar surface area (TPSA) is 27.7 Å². The van der Waals surface area contributed by atoms with Crippen LogP contribution in [0.3, 0.4) is 0 Å². The summed E-state index contributed by atoms with van der Waals surface area (Å²) in [6, 6.07) is 0. The Labute approximate surface area is 112 Å². The summed E-state index contributed by atoms with van der Waals surface area (Å²) in [6.07, 6.45) is 6.65. The van der Waals surface area contributed by atoms with E-state index in [1.165, 1.54) is 32.1 Å². The van der Waals surface area contributed by atoms with Crippen LogP contribution >= 0.6 is 0 Å². The van der Waals surface area contributed by atoms with Crippen molar-refractivity contribution in [1.82, 2.24) is 0 Å². The molecule has 0 N–H and O–H groups in total. The van der Waals surface area contributed by atoms with Gasteiger partial charge in [-0.05, 0) is 32.6 Å². The summed E-state index contributed by atoms with van der Waals surface area (Å²) in [5, 5.41) is 0. The van der Waals surface area contributed by atoms with Crippen LogP contribution in [0.1, 0.15) is 46.0 Å². The van der Waals surface area contributed by atoms with Gasteiger partial charge in [-0.2, -0.15) is 0 Å². The van der Waals surface area contributed by atoms with Gasteiger partial charge in [0, 0.05) is 25.7 Å². The molecule has 108 valence electrons. The maximum absolute atomic E-state index is 5.74. The first-order chi connectivity index (χ1) is 8.79. The van der Waals surface area contributed by atoms with Crippen LogP contribution in [0.2, 0.25) is 0 Å². The highest BCUT2D eigenvalue weighted by atomic mass is 16.5. The molecule has 0 unspecified atom stereocenters. The Morgan fingerprint density at radius 3 is 1.89 bits per heavy atom. The fraction of sp³-hybridized carbons (Fsp3) is 1.00. The van der Waals surface area contributed by atoms with E-state index in [1.807, 2.05) is 0 Å². The van der Waals surface area contributed by atoms with Gasteiger partial charge in [0.1, 0.15) is 0 Å². The van der Waals surface area contributed by atoms with Crippen LogP contribution in [0.25, 0.3) is 0 Å². The summed E-state index contributed by atoms with van der Waals surface area (Å²) in [5.41, 5.74) is 0.0567. The fourth-order valence-electron chi connectivity index (χ4n) is 3.09. The molecular weight excluding hydrogens is 228 g/mol. The van der Waals surface area contributed by atoms with Gasteiger partial charge in [0.25, 0.3) is 0 Å². The van der Waals surface area contributed by atoms with E-state index in [-0.39, 0.29) is 5.41 Å². The summed E-state index contributed by atoms with van der Waals surface area (Å²) in [4.78, 5) is 0. The van der Waals surface area contributed by atoms with Gasteiger partial charge in [-0.15, -0.1) is 0 Å². The Bertz CT molecular complexity index is 192. The minimum atomic E-state index is 0.0567. The predicted octanol–water partition coefficient (Wildman–Crippen LogP) is 3.27. The molecule has 0 amide bonds. The normalized spacial score (nSPS) is 18.2. The molecule has 3 nitrogen and oxygen atoms in total. The average Bonchev–Trinajstić information content (AvgIpc) is 2.43. The van der Waals surface area contributed by atoms with Crippen molar-refractivity contribution in [2.75, 3.05) is 40.1 Å². The standard InChI is InChI=1S/C15H30O3/c1-4-17-12-15(11-16-3,13-18-5-2)14-9-7-6-8-10-14/h14H,4-13H2,1-3H3. The SMILES string of the molecule is CCOCC(COC)(COCC)C1CCCCC1. The van der Waals surface area contributed by atoms with Crippen LogP contribution < -0.4 is 0 Å². The zero-order valence-corrected chi connectivity index (χ0v) is 12.4. The highest BCUT2D eigenvalue weighted by Crippen LogP contribution is 2.39. The van der Waals surface area contributed by atoms with Gasteiger partial charge in [0.15, 0.2) is 0 Å². The predicted molar refractivity (Wildman–Crippen MR) is 73.9 cm³/mol. The minimum absolute atomic E-state index is 0.0567. The van der Waals surface area contributed by atoms with Crippen molar-refractivity contribution < 1.29 is 14.2 Å². The zero-order valence-electron chi connectivity index (χ0n) is 12.4. The third kappa shape index (κ3) is 4.52. The van der Waals surface area contributed by atoms with Gasteiger partial charge in [0.05, 0.1) is 19.8 Å². The Kier molecular flexibility index (Phi) is 7.87. The monoisotopic (exact) mass is 258 g/mol. The number of hydrogen-bond acceptors (Lipinski definition) is 3. The van der Waals surface area contributed by atoms with Crippen molar-refractivity contribution in [1.29, 1.82) is 0 Å². The second-order valence-electron chi connectivity index (χ2n) is 5.40. The van der Waals surface area contributed by atoms with Crippen molar-refractivity contribution in [2.45, 2.75) is 46.0 Å². The zero-order chi connectivity index (χ0) is 13.3. The summed E-state index contributed by atoms with van der Waals surface area (Å²) in [6.45, 7) is 7.93. The van der Waals surface area contributed by atoms with E-state index < -0.39 is 0 Å². The molecule has 0 radical (unpaired) electrons. The van der Waals surface area contributed by atoms with Crippen molar-refractivity contribution in [3.63, 3.8) is 0 Å². The molecule has 1 aliphatic carbocycles. The Hall–Kier alpha value is -0.120. The van der Waals surface area contributed by atoms with Gasteiger partial charge in [-0.25, -0.2) is 0 Å². The van der Waals surface area contributed by atoms with Gasteiger partial charge >= 0.3 is 0 Å². The lowest BCUT2D eigenvalue weighted by Gasteiger charge is -2.41. The maximum Gasteiger partial charge on any atom is 0.0569 e. The molecule has 0 aromatic heterocycles. The van der Waals surface area contributed by atoms with Crippen LogP contribution in [-0.4, -0.2) is 40.1 Å². The van der Waals surface area contributed by atoms with Crippen LogP contribution in [-0.2, 0) is 14.2 Å². The third-order valence-electron chi connectivity index (χ3n) is 4.09. The molecular formula is C15H30O3. The molecule has 0 aromatic rings. The Morgan fingerprint density at radius 2 is 1.44 bits per heavy atom. The molecule has 0 saturated heterocycles. The molecule has 18 heavy (non-hydrogen) atoms. The smallest absolute Gasteiger partial charge is 0.0569 e. The number of hydrogen-bond donors (Lipinski definition) is 0. The van der Waals surface area contributed by atoms with Crippen LogP contribution in [0.5, 0.6) is 0 Å². The molecule has 1 rings (SSSR count). The molecule has 0 heterocycles. The van der Waals surface area contributed by atoms with Gasteiger partial charge in [-0.3, -0.25) is 0 Å². The summed E-state index contributed by atoms with van der Waals surface area (Å²) in [7, 11) is 1.79. The summed E-state index contributed by atoms with van der Waals surface area (Å²) in [5.74, 6) is 0.685. The second-order valence-corrected chi connectivity index (χ2v) is 5.40. The fourth-order valence-corrected chi connectivity index (χ4v) is 3.09. The van der Waals surface area contributed by atoms with Crippen molar-refractivity contribution in [3.8, 4) is 0 Å². The quantitative estimate of drug-likeness (QED) is 0.635. The Morgan fingerprint density at radius 1 is 0.889 bits per heavy atom. The van der Waals surface area contributed by atoms with Crippen LogP contribution in [0.15, 0.2) is 0 Å². The highest BCUT2D eigenvalue weighted by molar-refractivity contribution is 4.88. The Balaban J connectivity index is 2.71. The molecule has 0 atom stereocenters. The summed E-state index contributed by atoms with van der Waals surface area (Å²) >= 11 is 0. The first-order valence-electron chi connectivity index (χ1n) is 7.43. The first kappa shape index (κ1) is 15.9. The minimum Gasteiger partial charge on any atom is -0.384 e. The van der Waals surface area contributed by atoms with E-state index >= 15 is 0 Å². The molecule has 0 spiro atoms. The van der Waals surface area contributed by atoms with Gasteiger partial charge in [0.2, 0.25) is 0 Å². The third-order valence-corrected chi connectivity index (χ3v) is 4.09. The average molecular weight is 258 g/mol. The molecule has 1 fully saturated rings. The number of methoxy groups -OCH3 is 1.